The van der Waals surface area contributed by atoms with Gasteiger partial charge in [-0.3, -0.25) is 5.32 Å². The van der Waals surface area contributed by atoms with E-state index in [-0.39, 0.29) is 0 Å². The topological polar surface area (TPSA) is 59.9 Å². The van der Waals surface area contributed by atoms with Gasteiger partial charge < -0.3 is 9.57 Å². The monoisotopic (exact) mass is 426 g/mol. The molecule has 1 atom stereocenters. The molecule has 1 saturated carbocycles. The smallest absolute Gasteiger partial charge is 0.412 e. The number of nitrogens with one attached hydrogen (secondary N) is 1. The fourth-order valence-electron chi connectivity index (χ4n) is 3.89. The van der Waals surface area contributed by atoms with Gasteiger partial charge >= 0.3 is 6.09 Å². The van der Waals surface area contributed by atoms with Gasteiger partial charge in [-0.1, -0.05) is 35.0 Å². The molecule has 158 valence electrons. The van der Waals surface area contributed by atoms with Crippen LogP contribution in [0.5, 0.6) is 0 Å². The number of rotatable bonds is 4. The standard InChI is InChI=1S/C24H27ClN2O3/c1-15-13-18(9-12-20(15)26-22(28)29-23(2,3)4)24(17-7-8-17)14-21(27-30-24)16-5-10-19(25)11-6-16/h5-6,9-13,17H,7-8,14H2,1-4H3,(H,26,28). The molecule has 2 aromatic rings. The quantitative estimate of drug-likeness (QED) is 0.613. The summed E-state index contributed by atoms with van der Waals surface area (Å²) in [6, 6.07) is 13.7. The second-order valence-electron chi connectivity index (χ2n) is 9.13. The van der Waals surface area contributed by atoms with Crippen LogP contribution in [0, 0.1) is 12.8 Å². The first-order valence-corrected chi connectivity index (χ1v) is 10.7. The van der Waals surface area contributed by atoms with Gasteiger partial charge in [0.25, 0.3) is 0 Å². The zero-order valence-corrected chi connectivity index (χ0v) is 18.5. The Hall–Kier alpha value is -2.53. The van der Waals surface area contributed by atoms with Crippen molar-refractivity contribution in [2.24, 2.45) is 11.1 Å². The lowest BCUT2D eigenvalue weighted by Gasteiger charge is -2.28. The SMILES string of the molecule is Cc1cc(C2(C3CC3)CC(c3ccc(Cl)cc3)=NO2)ccc1NC(=O)OC(C)(C)C. The highest BCUT2D eigenvalue weighted by Gasteiger charge is 2.52. The van der Waals surface area contributed by atoms with Gasteiger partial charge in [0.2, 0.25) is 0 Å². The van der Waals surface area contributed by atoms with Gasteiger partial charge in [0.1, 0.15) is 5.60 Å². The van der Waals surface area contributed by atoms with E-state index >= 15 is 0 Å². The Kier molecular flexibility index (Phi) is 5.27. The molecule has 0 bridgehead atoms. The van der Waals surface area contributed by atoms with E-state index in [1.165, 1.54) is 0 Å². The molecule has 1 aliphatic carbocycles. The zero-order valence-electron chi connectivity index (χ0n) is 17.8. The Balaban J connectivity index is 1.55. The summed E-state index contributed by atoms with van der Waals surface area (Å²) in [6.07, 6.45) is 2.51. The summed E-state index contributed by atoms with van der Waals surface area (Å²) in [5.41, 5.74) is 3.75. The summed E-state index contributed by atoms with van der Waals surface area (Å²) in [4.78, 5) is 18.3. The predicted octanol–water partition coefficient (Wildman–Crippen LogP) is 6.43. The zero-order chi connectivity index (χ0) is 21.5. The molecule has 2 aromatic carbocycles. The summed E-state index contributed by atoms with van der Waals surface area (Å²) in [5, 5.41) is 7.99. The second-order valence-corrected chi connectivity index (χ2v) is 9.57. The van der Waals surface area contributed by atoms with E-state index in [4.69, 9.17) is 21.2 Å². The Morgan fingerprint density at radius 3 is 2.50 bits per heavy atom. The summed E-state index contributed by atoms with van der Waals surface area (Å²) >= 11 is 6.02. The fraction of sp³-hybridized carbons (Fsp3) is 0.417. The Morgan fingerprint density at radius 1 is 1.20 bits per heavy atom. The van der Waals surface area contributed by atoms with E-state index in [1.54, 1.807) is 0 Å². The number of nitrogens with zero attached hydrogens (tertiary/aromatic N) is 1. The molecule has 4 rings (SSSR count). The third kappa shape index (κ3) is 4.31. The lowest BCUT2D eigenvalue weighted by atomic mass is 9.82. The number of hydrogen-bond donors (Lipinski definition) is 1. The van der Waals surface area contributed by atoms with E-state index in [2.05, 4.69) is 16.5 Å². The maximum Gasteiger partial charge on any atom is 0.412 e. The number of amides is 1. The minimum absolute atomic E-state index is 0.440. The average Bonchev–Trinajstić information content (AvgIpc) is 3.42. The van der Waals surface area contributed by atoms with Gasteiger partial charge in [0, 0.05) is 23.0 Å². The van der Waals surface area contributed by atoms with Crippen LogP contribution in [0.2, 0.25) is 5.02 Å². The summed E-state index contributed by atoms with van der Waals surface area (Å²) in [6.45, 7) is 7.51. The number of aryl methyl sites for hydroxylation is 1. The van der Waals surface area contributed by atoms with Crippen molar-refractivity contribution in [2.45, 2.75) is 58.2 Å². The summed E-state index contributed by atoms with van der Waals surface area (Å²) < 4.78 is 5.36. The van der Waals surface area contributed by atoms with Gasteiger partial charge in [-0.15, -0.1) is 0 Å². The highest BCUT2D eigenvalue weighted by atomic mass is 35.5. The first-order chi connectivity index (χ1) is 14.2. The summed E-state index contributed by atoms with van der Waals surface area (Å²) in [5.74, 6) is 0.440. The van der Waals surface area contributed by atoms with Gasteiger partial charge in [0.05, 0.1) is 5.71 Å². The minimum Gasteiger partial charge on any atom is -0.444 e. The number of carbonyl (C=O) groups is 1. The molecule has 0 radical (unpaired) electrons. The molecule has 2 aliphatic rings. The number of hydrogen-bond acceptors (Lipinski definition) is 4. The van der Waals surface area contributed by atoms with Crippen molar-refractivity contribution in [2.75, 3.05) is 5.32 Å². The molecule has 1 unspecified atom stereocenters. The van der Waals surface area contributed by atoms with Crippen molar-refractivity contribution in [1.82, 2.24) is 0 Å². The van der Waals surface area contributed by atoms with Crippen LogP contribution in [0.1, 0.15) is 56.7 Å². The Labute approximate surface area is 182 Å². The number of carbonyl (C=O) groups excluding carboxylic acids is 1. The van der Waals surface area contributed by atoms with Crippen LogP contribution in [0.25, 0.3) is 0 Å². The first-order valence-electron chi connectivity index (χ1n) is 10.3. The van der Waals surface area contributed by atoms with Crippen molar-refractivity contribution < 1.29 is 14.4 Å². The molecule has 1 amide bonds. The van der Waals surface area contributed by atoms with Gasteiger partial charge in [-0.25, -0.2) is 4.79 Å². The molecule has 1 aliphatic heterocycles. The van der Waals surface area contributed by atoms with Crippen LogP contribution < -0.4 is 5.32 Å². The normalized spacial score (nSPS) is 21.0. The van der Waals surface area contributed by atoms with Crippen LogP contribution in [-0.2, 0) is 15.2 Å². The lowest BCUT2D eigenvalue weighted by molar-refractivity contribution is -0.0417. The van der Waals surface area contributed by atoms with Gasteiger partial charge in [-0.05, 0) is 81.5 Å². The summed E-state index contributed by atoms with van der Waals surface area (Å²) in [7, 11) is 0. The highest BCUT2D eigenvalue weighted by Crippen LogP contribution is 2.53. The number of halogens is 1. The lowest BCUT2D eigenvalue weighted by Crippen LogP contribution is -2.30. The molecule has 1 fully saturated rings. The third-order valence-corrected chi connectivity index (χ3v) is 5.77. The molecule has 30 heavy (non-hydrogen) atoms. The predicted molar refractivity (Wildman–Crippen MR) is 119 cm³/mol. The van der Waals surface area contributed by atoms with Crippen molar-refractivity contribution in [3.8, 4) is 0 Å². The minimum atomic E-state index is -0.541. The maximum atomic E-state index is 12.1. The molecule has 5 nitrogen and oxygen atoms in total. The third-order valence-electron chi connectivity index (χ3n) is 5.51. The van der Waals surface area contributed by atoms with Crippen molar-refractivity contribution in [1.29, 1.82) is 0 Å². The van der Waals surface area contributed by atoms with Crippen LogP contribution in [0.3, 0.4) is 0 Å². The molecule has 0 aromatic heterocycles. The van der Waals surface area contributed by atoms with Gasteiger partial charge in [-0.2, -0.15) is 0 Å². The average molecular weight is 427 g/mol. The van der Waals surface area contributed by atoms with Crippen LogP contribution in [0.4, 0.5) is 10.5 Å². The molecule has 6 heteroatoms. The van der Waals surface area contributed by atoms with E-state index in [0.717, 1.165) is 47.4 Å². The van der Waals surface area contributed by atoms with Crippen molar-refractivity contribution >= 4 is 29.1 Å². The number of anilines is 1. The Morgan fingerprint density at radius 2 is 1.90 bits per heavy atom. The molecule has 1 heterocycles. The van der Waals surface area contributed by atoms with Crippen LogP contribution in [0.15, 0.2) is 47.6 Å². The fourth-order valence-corrected chi connectivity index (χ4v) is 4.01. The number of oxime groups is 1. The maximum absolute atomic E-state index is 12.1. The largest absolute Gasteiger partial charge is 0.444 e. The number of ether oxygens (including phenoxy) is 1. The highest BCUT2D eigenvalue weighted by molar-refractivity contribution is 6.30. The van der Waals surface area contributed by atoms with E-state index in [0.29, 0.717) is 10.9 Å². The number of benzene rings is 2. The van der Waals surface area contributed by atoms with E-state index in [9.17, 15) is 4.79 Å². The van der Waals surface area contributed by atoms with Gasteiger partial charge in [0.15, 0.2) is 5.60 Å². The molecule has 0 saturated heterocycles. The van der Waals surface area contributed by atoms with E-state index in [1.807, 2.05) is 64.1 Å². The van der Waals surface area contributed by atoms with Crippen molar-refractivity contribution in [3.05, 3.63) is 64.2 Å². The Bertz CT molecular complexity index is 991. The molecular formula is C24H27ClN2O3. The first kappa shape index (κ1) is 20.7. The van der Waals surface area contributed by atoms with Crippen LogP contribution >= 0.6 is 11.6 Å². The molecule has 0 spiro atoms. The van der Waals surface area contributed by atoms with Crippen LogP contribution in [-0.4, -0.2) is 17.4 Å². The molecule has 1 N–H and O–H groups in total. The molecular weight excluding hydrogens is 400 g/mol. The van der Waals surface area contributed by atoms with E-state index < -0.39 is 17.3 Å². The van der Waals surface area contributed by atoms with Crippen molar-refractivity contribution in [3.63, 3.8) is 0 Å². The second kappa shape index (κ2) is 7.62.